The monoisotopic (exact) mass is 199 g/mol. The average molecular weight is 200 g/mol. The minimum Gasteiger partial charge on any atom is -0.396 e. The van der Waals surface area contributed by atoms with E-state index in [4.69, 9.17) is 22.4 Å². The predicted octanol–water partition coefficient (Wildman–Crippen LogP) is 1.11. The Labute approximate surface area is 81.1 Å². The lowest BCUT2D eigenvalue weighted by Gasteiger charge is -1.97. The third-order valence-corrected chi connectivity index (χ3v) is 1.59. The fourth-order valence-corrected chi connectivity index (χ4v) is 0.935. The number of aliphatic hydroxyl groups excluding tert-OH is 1. The number of aromatic nitrogens is 2. The summed E-state index contributed by atoms with van der Waals surface area (Å²) in [5.74, 6) is 0.342. The van der Waals surface area contributed by atoms with Crippen molar-refractivity contribution in [1.29, 1.82) is 0 Å². The molecule has 0 spiro atoms. The average Bonchev–Trinajstić information content (AvgIpc) is 2.09. The first-order chi connectivity index (χ1) is 6.24. The highest BCUT2D eigenvalue weighted by molar-refractivity contribution is 6.28. The predicted molar refractivity (Wildman–Crippen MR) is 52.2 cm³/mol. The SMILES string of the molecule is Nc1nc(Cl)ncc1C=CCCO. The van der Waals surface area contributed by atoms with E-state index in [2.05, 4.69) is 9.97 Å². The first-order valence-electron chi connectivity index (χ1n) is 3.79. The van der Waals surface area contributed by atoms with Crippen LogP contribution in [0, 0.1) is 0 Å². The van der Waals surface area contributed by atoms with Crippen LogP contribution in [0.4, 0.5) is 5.82 Å². The van der Waals surface area contributed by atoms with Crippen LogP contribution in [0.3, 0.4) is 0 Å². The maximum atomic E-state index is 8.52. The van der Waals surface area contributed by atoms with Crippen molar-refractivity contribution in [3.63, 3.8) is 0 Å². The van der Waals surface area contributed by atoms with Crippen LogP contribution in [0.2, 0.25) is 5.28 Å². The summed E-state index contributed by atoms with van der Waals surface area (Å²) >= 11 is 5.51. The third-order valence-electron chi connectivity index (χ3n) is 1.41. The maximum absolute atomic E-state index is 8.52. The number of aliphatic hydroxyl groups is 1. The topological polar surface area (TPSA) is 72.0 Å². The van der Waals surface area contributed by atoms with Gasteiger partial charge in [0.15, 0.2) is 0 Å². The van der Waals surface area contributed by atoms with Gasteiger partial charge in [0.1, 0.15) is 5.82 Å². The molecule has 0 fully saturated rings. The molecule has 70 valence electrons. The maximum Gasteiger partial charge on any atom is 0.224 e. The Morgan fingerprint density at radius 2 is 2.38 bits per heavy atom. The second kappa shape index (κ2) is 4.79. The molecule has 0 aliphatic rings. The van der Waals surface area contributed by atoms with E-state index in [1.807, 2.05) is 0 Å². The van der Waals surface area contributed by atoms with Gasteiger partial charge in [-0.15, -0.1) is 0 Å². The van der Waals surface area contributed by atoms with Crippen LogP contribution in [0.1, 0.15) is 12.0 Å². The molecule has 4 nitrogen and oxygen atoms in total. The van der Waals surface area contributed by atoms with Crippen molar-refractivity contribution in [2.75, 3.05) is 12.3 Å². The van der Waals surface area contributed by atoms with Gasteiger partial charge in [-0.05, 0) is 18.0 Å². The zero-order valence-electron chi connectivity index (χ0n) is 6.94. The van der Waals surface area contributed by atoms with Crippen molar-refractivity contribution in [3.05, 3.63) is 23.1 Å². The Morgan fingerprint density at radius 1 is 1.62 bits per heavy atom. The van der Waals surface area contributed by atoms with Crippen LogP contribution in [0.25, 0.3) is 6.08 Å². The molecule has 0 aromatic carbocycles. The summed E-state index contributed by atoms with van der Waals surface area (Å²) < 4.78 is 0. The third kappa shape index (κ3) is 3.01. The summed E-state index contributed by atoms with van der Waals surface area (Å²) in [7, 11) is 0. The molecule has 0 atom stereocenters. The lowest BCUT2D eigenvalue weighted by Crippen LogP contribution is -1.95. The summed E-state index contributed by atoms with van der Waals surface area (Å²) in [5.41, 5.74) is 6.26. The second-order valence-electron chi connectivity index (χ2n) is 2.39. The second-order valence-corrected chi connectivity index (χ2v) is 2.73. The molecule has 0 saturated heterocycles. The largest absolute Gasteiger partial charge is 0.396 e. The fourth-order valence-electron chi connectivity index (χ4n) is 0.795. The van der Waals surface area contributed by atoms with Gasteiger partial charge in [-0.25, -0.2) is 9.97 Å². The molecule has 13 heavy (non-hydrogen) atoms. The molecule has 0 amide bonds. The van der Waals surface area contributed by atoms with Crippen LogP contribution < -0.4 is 5.73 Å². The summed E-state index contributed by atoms with van der Waals surface area (Å²) in [6, 6.07) is 0. The van der Waals surface area contributed by atoms with Crippen molar-refractivity contribution in [3.8, 4) is 0 Å². The van der Waals surface area contributed by atoms with Crippen molar-refractivity contribution in [1.82, 2.24) is 9.97 Å². The Hall–Kier alpha value is -1.13. The number of anilines is 1. The molecule has 5 heteroatoms. The van der Waals surface area contributed by atoms with Crippen molar-refractivity contribution >= 4 is 23.5 Å². The molecule has 0 aliphatic carbocycles. The van der Waals surface area contributed by atoms with Crippen molar-refractivity contribution in [2.45, 2.75) is 6.42 Å². The van der Waals surface area contributed by atoms with Gasteiger partial charge in [-0.2, -0.15) is 0 Å². The van der Waals surface area contributed by atoms with Crippen LogP contribution in [-0.4, -0.2) is 21.7 Å². The van der Waals surface area contributed by atoms with E-state index in [0.717, 1.165) is 0 Å². The van der Waals surface area contributed by atoms with E-state index in [1.165, 1.54) is 0 Å². The quantitative estimate of drug-likeness (QED) is 0.716. The molecule has 0 unspecified atom stereocenters. The zero-order chi connectivity index (χ0) is 9.68. The fraction of sp³-hybridized carbons (Fsp3) is 0.250. The molecule has 1 rings (SSSR count). The van der Waals surface area contributed by atoms with Gasteiger partial charge in [0.2, 0.25) is 5.28 Å². The highest BCUT2D eigenvalue weighted by atomic mass is 35.5. The summed E-state index contributed by atoms with van der Waals surface area (Å²) in [4.78, 5) is 7.55. The first-order valence-corrected chi connectivity index (χ1v) is 4.17. The molecule has 3 N–H and O–H groups in total. The van der Waals surface area contributed by atoms with Gasteiger partial charge in [-0.1, -0.05) is 12.2 Å². The van der Waals surface area contributed by atoms with Crippen LogP contribution >= 0.6 is 11.6 Å². The smallest absolute Gasteiger partial charge is 0.224 e. The molecule has 1 aromatic heterocycles. The van der Waals surface area contributed by atoms with Crippen molar-refractivity contribution in [2.24, 2.45) is 0 Å². The van der Waals surface area contributed by atoms with Crippen molar-refractivity contribution < 1.29 is 5.11 Å². The minimum absolute atomic E-state index is 0.116. The number of hydrogen-bond donors (Lipinski definition) is 2. The Kier molecular flexibility index (Phi) is 3.67. The highest BCUT2D eigenvalue weighted by Crippen LogP contribution is 2.11. The first kappa shape index (κ1) is 9.95. The highest BCUT2D eigenvalue weighted by Gasteiger charge is 1.97. The van der Waals surface area contributed by atoms with E-state index >= 15 is 0 Å². The van der Waals surface area contributed by atoms with Crippen LogP contribution in [-0.2, 0) is 0 Å². The van der Waals surface area contributed by atoms with Gasteiger partial charge in [0.05, 0.1) is 0 Å². The zero-order valence-corrected chi connectivity index (χ0v) is 7.70. The summed E-state index contributed by atoms with van der Waals surface area (Å²) in [5, 5.41) is 8.66. The van der Waals surface area contributed by atoms with Crippen LogP contribution in [0.5, 0.6) is 0 Å². The van der Waals surface area contributed by atoms with Gasteiger partial charge in [0.25, 0.3) is 0 Å². The lowest BCUT2D eigenvalue weighted by atomic mass is 10.2. The lowest BCUT2D eigenvalue weighted by molar-refractivity contribution is 0.303. The standard InChI is InChI=1S/C8H10ClN3O/c9-8-11-5-6(7(10)12-8)3-1-2-4-13/h1,3,5,13H,2,4H2,(H2,10,11,12). The van der Waals surface area contributed by atoms with Gasteiger partial charge in [-0.3, -0.25) is 0 Å². The number of hydrogen-bond acceptors (Lipinski definition) is 4. The molecule has 0 radical (unpaired) electrons. The molecular weight excluding hydrogens is 190 g/mol. The number of nitrogens with zero attached hydrogens (tertiary/aromatic N) is 2. The number of rotatable bonds is 3. The minimum atomic E-state index is 0.116. The number of nitrogens with two attached hydrogens (primary N) is 1. The summed E-state index contributed by atoms with van der Waals surface area (Å²) in [6.07, 6.45) is 5.67. The summed E-state index contributed by atoms with van der Waals surface area (Å²) in [6.45, 7) is 0.116. The normalized spacial score (nSPS) is 10.9. The van der Waals surface area contributed by atoms with Gasteiger partial charge < -0.3 is 10.8 Å². The molecular formula is C8H10ClN3O. The van der Waals surface area contributed by atoms with E-state index in [-0.39, 0.29) is 11.9 Å². The van der Waals surface area contributed by atoms with E-state index < -0.39 is 0 Å². The van der Waals surface area contributed by atoms with Gasteiger partial charge >= 0.3 is 0 Å². The molecule has 0 saturated carbocycles. The van der Waals surface area contributed by atoms with E-state index in [9.17, 15) is 0 Å². The molecule has 1 aromatic rings. The van der Waals surface area contributed by atoms with E-state index in [0.29, 0.717) is 17.8 Å². The van der Waals surface area contributed by atoms with Crippen LogP contribution in [0.15, 0.2) is 12.3 Å². The Bertz CT molecular complexity index is 314. The molecule has 0 bridgehead atoms. The molecule has 1 heterocycles. The van der Waals surface area contributed by atoms with Gasteiger partial charge in [0, 0.05) is 18.4 Å². The Morgan fingerprint density at radius 3 is 3.00 bits per heavy atom. The number of halogens is 1. The van der Waals surface area contributed by atoms with E-state index in [1.54, 1.807) is 18.3 Å². The molecule has 0 aliphatic heterocycles. The number of nitrogen functional groups attached to an aromatic ring is 1. The Balaban J connectivity index is 2.77.